The van der Waals surface area contributed by atoms with Gasteiger partial charge in [-0.2, -0.15) is 0 Å². The molecule has 1 aromatic rings. The summed E-state index contributed by atoms with van der Waals surface area (Å²) in [7, 11) is 0. The zero-order valence-electron chi connectivity index (χ0n) is 18.2. The standard InChI is InChI=1S/C26H34N2O2/c1-17(29)28-16-26(23-4-2-3-5-24(23)28)6-8-27(9-7-26)25(30)15-22-20-11-18-10-19(13-20)14-21(22)12-18/h2-5,18-22H,6-16H2,1H3. The van der Waals surface area contributed by atoms with E-state index >= 15 is 0 Å². The fraction of sp³-hybridized carbons (Fsp3) is 0.692. The van der Waals surface area contributed by atoms with Gasteiger partial charge in [0.15, 0.2) is 0 Å². The van der Waals surface area contributed by atoms with Gasteiger partial charge in [-0.1, -0.05) is 18.2 Å². The minimum Gasteiger partial charge on any atom is -0.343 e. The number of rotatable bonds is 2. The molecule has 2 heterocycles. The van der Waals surface area contributed by atoms with E-state index in [0.29, 0.717) is 11.8 Å². The molecule has 4 heteroatoms. The highest BCUT2D eigenvalue weighted by atomic mass is 16.2. The molecule has 30 heavy (non-hydrogen) atoms. The summed E-state index contributed by atoms with van der Waals surface area (Å²) in [6.07, 6.45) is 9.79. The molecule has 160 valence electrons. The van der Waals surface area contributed by atoms with Crippen molar-refractivity contribution in [2.24, 2.45) is 29.6 Å². The maximum atomic E-state index is 13.3. The summed E-state index contributed by atoms with van der Waals surface area (Å²) in [6, 6.07) is 8.39. The molecular weight excluding hydrogens is 372 g/mol. The molecule has 6 aliphatic rings. The molecule has 5 fully saturated rings. The zero-order valence-corrected chi connectivity index (χ0v) is 18.2. The third-order valence-corrected chi connectivity index (χ3v) is 9.51. The van der Waals surface area contributed by atoms with Crippen molar-refractivity contribution in [2.75, 3.05) is 24.5 Å². The Labute approximate surface area is 180 Å². The summed E-state index contributed by atoms with van der Waals surface area (Å²) in [6.45, 7) is 4.12. The number of benzene rings is 1. The molecule has 1 aromatic carbocycles. The second-order valence-electron chi connectivity index (χ2n) is 11.1. The molecule has 2 amide bonds. The molecular formula is C26H34N2O2. The minimum atomic E-state index is 0.0294. The van der Waals surface area contributed by atoms with E-state index in [1.807, 2.05) is 11.0 Å². The maximum absolute atomic E-state index is 13.3. The van der Waals surface area contributed by atoms with Crippen LogP contribution in [0.5, 0.6) is 0 Å². The first-order chi connectivity index (χ1) is 14.5. The smallest absolute Gasteiger partial charge is 0.223 e. The first-order valence-electron chi connectivity index (χ1n) is 12.2. The van der Waals surface area contributed by atoms with Crippen molar-refractivity contribution in [3.8, 4) is 0 Å². The first kappa shape index (κ1) is 18.9. The van der Waals surface area contributed by atoms with Gasteiger partial charge in [0.2, 0.25) is 11.8 Å². The molecule has 2 aliphatic heterocycles. The van der Waals surface area contributed by atoms with Crippen LogP contribution in [0.3, 0.4) is 0 Å². The van der Waals surface area contributed by atoms with Gasteiger partial charge < -0.3 is 9.80 Å². The molecule has 0 unspecified atom stereocenters. The highest BCUT2D eigenvalue weighted by molar-refractivity contribution is 5.94. The second kappa shape index (κ2) is 6.83. The van der Waals surface area contributed by atoms with Gasteiger partial charge in [-0.25, -0.2) is 0 Å². The Morgan fingerprint density at radius 2 is 1.60 bits per heavy atom. The molecule has 4 nitrogen and oxygen atoms in total. The summed E-state index contributed by atoms with van der Waals surface area (Å²) in [4.78, 5) is 29.6. The highest BCUT2D eigenvalue weighted by Crippen LogP contribution is 2.57. The van der Waals surface area contributed by atoms with Gasteiger partial charge in [0.05, 0.1) is 0 Å². The molecule has 1 saturated heterocycles. The van der Waals surface area contributed by atoms with Gasteiger partial charge in [-0.05, 0) is 86.2 Å². The van der Waals surface area contributed by atoms with Crippen LogP contribution in [0, 0.1) is 29.6 Å². The zero-order chi connectivity index (χ0) is 20.5. The van der Waals surface area contributed by atoms with Gasteiger partial charge in [-0.3, -0.25) is 9.59 Å². The lowest BCUT2D eigenvalue weighted by Crippen LogP contribution is -2.50. The summed E-state index contributed by atoms with van der Waals surface area (Å²) in [5.74, 6) is 4.78. The maximum Gasteiger partial charge on any atom is 0.223 e. The number of likely N-dealkylation sites (tertiary alicyclic amines) is 1. The number of carbonyl (C=O) groups is 2. The van der Waals surface area contributed by atoms with Crippen molar-refractivity contribution in [1.29, 1.82) is 0 Å². The topological polar surface area (TPSA) is 40.6 Å². The molecule has 0 N–H and O–H groups in total. The Hall–Kier alpha value is -1.84. The van der Waals surface area contributed by atoms with Crippen LogP contribution in [0.25, 0.3) is 0 Å². The van der Waals surface area contributed by atoms with E-state index in [0.717, 1.165) is 68.3 Å². The predicted molar refractivity (Wildman–Crippen MR) is 117 cm³/mol. The van der Waals surface area contributed by atoms with E-state index in [1.165, 1.54) is 37.7 Å². The number of carbonyl (C=O) groups excluding carboxylic acids is 2. The number of anilines is 1. The molecule has 4 bridgehead atoms. The van der Waals surface area contributed by atoms with Crippen LogP contribution in [-0.4, -0.2) is 36.3 Å². The number of amides is 2. The van der Waals surface area contributed by atoms with Crippen LogP contribution < -0.4 is 4.90 Å². The third kappa shape index (κ3) is 2.85. The number of piperidine rings is 1. The Morgan fingerprint density at radius 1 is 0.967 bits per heavy atom. The van der Waals surface area contributed by atoms with Gasteiger partial charge >= 0.3 is 0 Å². The molecule has 0 atom stereocenters. The highest BCUT2D eigenvalue weighted by Gasteiger charge is 2.50. The quantitative estimate of drug-likeness (QED) is 0.731. The number of nitrogens with zero attached hydrogens (tertiary/aromatic N) is 2. The Morgan fingerprint density at radius 3 is 2.23 bits per heavy atom. The van der Waals surface area contributed by atoms with Crippen LogP contribution in [-0.2, 0) is 15.0 Å². The predicted octanol–water partition coefficient (Wildman–Crippen LogP) is 4.38. The van der Waals surface area contributed by atoms with E-state index in [1.54, 1.807) is 6.92 Å². The van der Waals surface area contributed by atoms with Crippen molar-refractivity contribution in [3.63, 3.8) is 0 Å². The number of hydrogen-bond acceptors (Lipinski definition) is 2. The largest absolute Gasteiger partial charge is 0.343 e. The molecule has 0 aromatic heterocycles. The van der Waals surface area contributed by atoms with Crippen LogP contribution in [0.2, 0.25) is 0 Å². The van der Waals surface area contributed by atoms with Crippen molar-refractivity contribution < 1.29 is 9.59 Å². The van der Waals surface area contributed by atoms with Crippen LogP contribution in [0.15, 0.2) is 24.3 Å². The monoisotopic (exact) mass is 406 g/mol. The average molecular weight is 407 g/mol. The van der Waals surface area contributed by atoms with Crippen molar-refractivity contribution in [1.82, 2.24) is 4.90 Å². The minimum absolute atomic E-state index is 0.0294. The number of hydrogen-bond donors (Lipinski definition) is 0. The lowest BCUT2D eigenvalue weighted by Gasteiger charge is -2.54. The summed E-state index contributed by atoms with van der Waals surface area (Å²) < 4.78 is 0. The van der Waals surface area contributed by atoms with E-state index in [4.69, 9.17) is 0 Å². The Bertz CT molecular complexity index is 842. The van der Waals surface area contributed by atoms with Crippen molar-refractivity contribution in [2.45, 2.75) is 63.7 Å². The van der Waals surface area contributed by atoms with E-state index in [-0.39, 0.29) is 11.3 Å². The lowest BCUT2D eigenvalue weighted by molar-refractivity contribution is -0.138. The van der Waals surface area contributed by atoms with Gasteiger partial charge in [-0.15, -0.1) is 0 Å². The summed E-state index contributed by atoms with van der Waals surface area (Å²) in [5.41, 5.74) is 2.42. The molecule has 4 aliphatic carbocycles. The fourth-order valence-corrected chi connectivity index (χ4v) is 8.22. The third-order valence-electron chi connectivity index (χ3n) is 9.51. The van der Waals surface area contributed by atoms with Crippen molar-refractivity contribution in [3.05, 3.63) is 29.8 Å². The van der Waals surface area contributed by atoms with Crippen LogP contribution in [0.1, 0.15) is 63.9 Å². The van der Waals surface area contributed by atoms with Crippen LogP contribution >= 0.6 is 0 Å². The summed E-state index contributed by atoms with van der Waals surface area (Å²) >= 11 is 0. The summed E-state index contributed by atoms with van der Waals surface area (Å²) in [5, 5.41) is 0. The van der Waals surface area contributed by atoms with E-state index in [9.17, 15) is 9.59 Å². The molecule has 0 radical (unpaired) electrons. The molecule has 1 spiro atoms. The second-order valence-corrected chi connectivity index (χ2v) is 11.1. The van der Waals surface area contributed by atoms with Crippen LogP contribution in [0.4, 0.5) is 5.69 Å². The fourth-order valence-electron chi connectivity index (χ4n) is 8.22. The first-order valence-corrected chi connectivity index (χ1v) is 12.2. The Kier molecular flexibility index (Phi) is 4.30. The van der Waals surface area contributed by atoms with Gasteiger partial charge in [0.1, 0.15) is 0 Å². The Balaban J connectivity index is 1.13. The van der Waals surface area contributed by atoms with Gasteiger partial charge in [0.25, 0.3) is 0 Å². The van der Waals surface area contributed by atoms with Gasteiger partial charge in [0, 0.05) is 44.1 Å². The van der Waals surface area contributed by atoms with Crippen molar-refractivity contribution >= 4 is 17.5 Å². The van der Waals surface area contributed by atoms with E-state index in [2.05, 4.69) is 23.1 Å². The average Bonchev–Trinajstić information content (AvgIpc) is 3.05. The van der Waals surface area contributed by atoms with E-state index < -0.39 is 0 Å². The molecule has 7 rings (SSSR count). The lowest BCUT2D eigenvalue weighted by atomic mass is 9.51. The SMILES string of the molecule is CC(=O)N1CC2(CCN(C(=O)CC3C4CC5CC(C4)CC3C5)CC2)c2ccccc21. The number of fused-ring (bicyclic) bond motifs is 2. The molecule has 4 saturated carbocycles. The normalized spacial score (nSPS) is 35.7. The number of para-hydroxylation sites is 1.